The molecule has 6 heteroatoms. The summed E-state index contributed by atoms with van der Waals surface area (Å²) in [4.78, 5) is 18.0. The molecular weight excluding hydrogens is 298 g/mol. The molecule has 0 aromatic carbocycles. The minimum atomic E-state index is -0.456. The van der Waals surface area contributed by atoms with Crippen molar-refractivity contribution >= 4 is 27.7 Å². The maximum absolute atomic E-state index is 11.5. The van der Waals surface area contributed by atoms with E-state index in [4.69, 9.17) is 10.5 Å². The molecule has 1 aromatic rings. The molecule has 18 heavy (non-hydrogen) atoms. The van der Waals surface area contributed by atoms with Crippen LogP contribution in [0.25, 0.3) is 0 Å². The molecule has 1 aliphatic rings. The Bertz CT molecular complexity index is 447. The molecule has 0 aliphatic carbocycles. The van der Waals surface area contributed by atoms with Gasteiger partial charge in [0.15, 0.2) is 0 Å². The molecule has 1 atom stereocenters. The second kappa shape index (κ2) is 5.67. The van der Waals surface area contributed by atoms with Crippen molar-refractivity contribution in [2.75, 3.05) is 25.1 Å². The lowest BCUT2D eigenvalue weighted by Crippen LogP contribution is -2.24. The van der Waals surface area contributed by atoms with E-state index in [1.165, 1.54) is 0 Å². The zero-order valence-corrected chi connectivity index (χ0v) is 11.8. The molecule has 0 radical (unpaired) electrons. The van der Waals surface area contributed by atoms with Gasteiger partial charge in [-0.1, -0.05) is 15.9 Å². The third kappa shape index (κ3) is 2.64. The van der Waals surface area contributed by atoms with Crippen molar-refractivity contribution in [1.82, 2.24) is 4.98 Å². The van der Waals surface area contributed by atoms with E-state index in [9.17, 15) is 4.79 Å². The van der Waals surface area contributed by atoms with Gasteiger partial charge in [-0.15, -0.1) is 0 Å². The lowest BCUT2D eigenvalue weighted by molar-refractivity contribution is 0.1000. The predicted octanol–water partition coefficient (Wildman–Crippen LogP) is 1.82. The number of amides is 1. The van der Waals surface area contributed by atoms with E-state index in [1.54, 1.807) is 19.4 Å². The number of methoxy groups -OCH3 is 1. The molecule has 2 heterocycles. The summed E-state index contributed by atoms with van der Waals surface area (Å²) in [7, 11) is 1.58. The van der Waals surface area contributed by atoms with Crippen molar-refractivity contribution in [1.29, 1.82) is 0 Å². The minimum Gasteiger partial charge on any atom is -0.365 e. The second-order valence-corrected chi connectivity index (χ2v) is 5.08. The molecule has 0 bridgehead atoms. The first-order valence-corrected chi connectivity index (χ1v) is 6.76. The monoisotopic (exact) mass is 313 g/mol. The van der Waals surface area contributed by atoms with Crippen LogP contribution in [0.4, 0.5) is 5.82 Å². The Balaban J connectivity index is 2.37. The van der Waals surface area contributed by atoms with Crippen molar-refractivity contribution in [3.63, 3.8) is 0 Å². The first kappa shape index (κ1) is 13.3. The largest absolute Gasteiger partial charge is 0.365 e. The fourth-order valence-electron chi connectivity index (χ4n) is 2.10. The lowest BCUT2D eigenvalue weighted by Gasteiger charge is -2.20. The standard InChI is InChI=1S/C12H16BrN3O2/c1-18-10(13)8-6-9(11(14)17)12(15-7-8)16-4-2-3-5-16/h6-7,10H,2-5H2,1H3,(H2,14,17). The number of nitrogens with two attached hydrogens (primary N) is 1. The van der Waals surface area contributed by atoms with Gasteiger partial charge in [-0.05, 0) is 18.9 Å². The molecule has 1 unspecified atom stereocenters. The summed E-state index contributed by atoms with van der Waals surface area (Å²) in [5.74, 6) is 0.224. The Morgan fingerprint density at radius 1 is 1.56 bits per heavy atom. The summed E-state index contributed by atoms with van der Waals surface area (Å²) >= 11 is 3.35. The Morgan fingerprint density at radius 2 is 2.22 bits per heavy atom. The number of hydrogen-bond acceptors (Lipinski definition) is 4. The van der Waals surface area contributed by atoms with E-state index in [-0.39, 0.29) is 5.01 Å². The Hall–Kier alpha value is -1.14. The minimum absolute atomic E-state index is 0.282. The molecule has 98 valence electrons. The number of rotatable bonds is 4. The molecule has 1 fully saturated rings. The highest BCUT2D eigenvalue weighted by atomic mass is 79.9. The van der Waals surface area contributed by atoms with E-state index < -0.39 is 5.91 Å². The average Bonchev–Trinajstić information content (AvgIpc) is 2.90. The average molecular weight is 314 g/mol. The maximum atomic E-state index is 11.5. The van der Waals surface area contributed by atoms with Gasteiger partial charge in [0, 0.05) is 32.0 Å². The van der Waals surface area contributed by atoms with Gasteiger partial charge in [-0.3, -0.25) is 4.79 Å². The summed E-state index contributed by atoms with van der Waals surface area (Å²) in [6, 6.07) is 1.74. The Kier molecular flexibility index (Phi) is 4.19. The second-order valence-electron chi connectivity index (χ2n) is 4.25. The molecule has 5 nitrogen and oxygen atoms in total. The summed E-state index contributed by atoms with van der Waals surface area (Å²) in [6.07, 6.45) is 3.96. The van der Waals surface area contributed by atoms with Gasteiger partial charge in [0.2, 0.25) is 0 Å². The van der Waals surface area contributed by atoms with E-state index >= 15 is 0 Å². The third-order valence-electron chi connectivity index (χ3n) is 3.03. The molecule has 1 aromatic heterocycles. The molecule has 1 saturated heterocycles. The van der Waals surface area contributed by atoms with Crippen LogP contribution in [0.3, 0.4) is 0 Å². The number of alkyl halides is 1. The molecule has 2 N–H and O–H groups in total. The number of anilines is 1. The van der Waals surface area contributed by atoms with Crippen molar-refractivity contribution in [2.45, 2.75) is 17.9 Å². The van der Waals surface area contributed by atoms with Crippen LogP contribution in [0.5, 0.6) is 0 Å². The van der Waals surface area contributed by atoms with Crippen LogP contribution in [0.1, 0.15) is 33.8 Å². The smallest absolute Gasteiger partial charge is 0.252 e. The fraction of sp³-hybridized carbons (Fsp3) is 0.500. The molecular formula is C12H16BrN3O2. The van der Waals surface area contributed by atoms with Crippen LogP contribution < -0.4 is 10.6 Å². The first-order chi connectivity index (χ1) is 8.63. The van der Waals surface area contributed by atoms with Crippen molar-refractivity contribution in [2.24, 2.45) is 5.73 Å². The highest BCUT2D eigenvalue weighted by Crippen LogP contribution is 2.28. The molecule has 1 amide bonds. The van der Waals surface area contributed by atoms with Gasteiger partial charge in [-0.2, -0.15) is 0 Å². The maximum Gasteiger partial charge on any atom is 0.252 e. The van der Waals surface area contributed by atoms with Gasteiger partial charge in [0.1, 0.15) is 10.8 Å². The number of pyridine rings is 1. The summed E-state index contributed by atoms with van der Waals surface area (Å²) < 4.78 is 5.15. The lowest BCUT2D eigenvalue weighted by atomic mass is 10.1. The fourth-order valence-corrected chi connectivity index (χ4v) is 2.35. The zero-order chi connectivity index (χ0) is 13.1. The van der Waals surface area contributed by atoms with Crippen LogP contribution in [0.2, 0.25) is 0 Å². The number of nitrogens with zero attached hydrogens (tertiary/aromatic N) is 2. The SMILES string of the molecule is COC(Br)c1cnc(N2CCCC2)c(C(N)=O)c1. The molecule has 1 aliphatic heterocycles. The third-order valence-corrected chi connectivity index (χ3v) is 3.93. The number of ether oxygens (including phenoxy) is 1. The molecule has 2 rings (SSSR count). The van der Waals surface area contributed by atoms with Gasteiger partial charge in [0.25, 0.3) is 5.91 Å². The highest BCUT2D eigenvalue weighted by Gasteiger charge is 2.21. The van der Waals surface area contributed by atoms with Crippen molar-refractivity contribution < 1.29 is 9.53 Å². The van der Waals surface area contributed by atoms with E-state index in [0.29, 0.717) is 11.4 Å². The quantitative estimate of drug-likeness (QED) is 0.861. The van der Waals surface area contributed by atoms with E-state index in [1.807, 2.05) is 0 Å². The predicted molar refractivity (Wildman–Crippen MR) is 72.9 cm³/mol. The summed E-state index contributed by atoms with van der Waals surface area (Å²) in [6.45, 7) is 1.85. The van der Waals surface area contributed by atoms with Gasteiger partial charge in [-0.25, -0.2) is 4.98 Å². The van der Waals surface area contributed by atoms with Crippen molar-refractivity contribution in [3.05, 3.63) is 23.4 Å². The Labute approximate surface area is 114 Å². The van der Waals surface area contributed by atoms with Crippen LogP contribution in [0.15, 0.2) is 12.3 Å². The van der Waals surface area contributed by atoms with Crippen LogP contribution in [-0.4, -0.2) is 31.1 Å². The van der Waals surface area contributed by atoms with E-state index in [0.717, 1.165) is 31.5 Å². The van der Waals surface area contributed by atoms with Gasteiger partial charge >= 0.3 is 0 Å². The Morgan fingerprint density at radius 3 is 2.78 bits per heavy atom. The summed E-state index contributed by atoms with van der Waals surface area (Å²) in [5, 5.41) is -0.282. The first-order valence-electron chi connectivity index (χ1n) is 5.85. The van der Waals surface area contributed by atoms with Crippen LogP contribution in [-0.2, 0) is 4.74 Å². The van der Waals surface area contributed by atoms with Crippen LogP contribution in [0, 0.1) is 0 Å². The van der Waals surface area contributed by atoms with E-state index in [2.05, 4.69) is 25.8 Å². The number of halogens is 1. The highest BCUT2D eigenvalue weighted by molar-refractivity contribution is 9.09. The number of aromatic nitrogens is 1. The number of hydrogen-bond donors (Lipinski definition) is 1. The van der Waals surface area contributed by atoms with Gasteiger partial charge in [0.05, 0.1) is 5.56 Å². The van der Waals surface area contributed by atoms with Crippen molar-refractivity contribution in [3.8, 4) is 0 Å². The number of primary amides is 1. The zero-order valence-electron chi connectivity index (χ0n) is 10.2. The normalized spacial score (nSPS) is 16.9. The topological polar surface area (TPSA) is 68.4 Å². The number of carbonyl (C=O) groups is 1. The van der Waals surface area contributed by atoms with Crippen LogP contribution >= 0.6 is 15.9 Å². The number of carbonyl (C=O) groups excluding carboxylic acids is 1. The van der Waals surface area contributed by atoms with Gasteiger partial charge < -0.3 is 15.4 Å². The molecule has 0 saturated carbocycles. The summed E-state index contributed by atoms with van der Waals surface area (Å²) in [5.41, 5.74) is 6.67. The molecule has 0 spiro atoms.